The number of halogens is 1. The lowest BCUT2D eigenvalue weighted by molar-refractivity contribution is -0.117. The molecule has 0 aromatic heterocycles. The van der Waals surface area contributed by atoms with Gasteiger partial charge in [-0.2, -0.15) is 0 Å². The Kier molecular flexibility index (Phi) is 9.04. The molecule has 4 N–H and O–H groups in total. The lowest BCUT2D eigenvalue weighted by Gasteiger charge is -2.21. The van der Waals surface area contributed by atoms with Crippen LogP contribution in [0.3, 0.4) is 0 Å². The molecular weight excluding hydrogens is 312 g/mol. The Labute approximate surface area is 132 Å². The van der Waals surface area contributed by atoms with E-state index in [1.54, 1.807) is 26.0 Å². The number of sulfonamides is 1. The van der Waals surface area contributed by atoms with Crippen molar-refractivity contribution in [3.8, 4) is 0 Å². The number of ketones is 1. The van der Waals surface area contributed by atoms with Gasteiger partial charge in [0.2, 0.25) is 10.0 Å². The van der Waals surface area contributed by atoms with Gasteiger partial charge in [0.1, 0.15) is 5.78 Å². The van der Waals surface area contributed by atoms with Crippen LogP contribution in [0.4, 0.5) is 0 Å². The lowest BCUT2D eigenvalue weighted by Crippen LogP contribution is -2.23. The summed E-state index contributed by atoms with van der Waals surface area (Å²) in [5.74, 6) is 0.284. The minimum atomic E-state index is -3.57. The highest BCUT2D eigenvalue weighted by Gasteiger charge is 2.26. The van der Waals surface area contributed by atoms with Crippen molar-refractivity contribution in [1.29, 1.82) is 0 Å². The molecule has 1 aliphatic carbocycles. The van der Waals surface area contributed by atoms with Gasteiger partial charge in [-0.1, -0.05) is 18.6 Å². The maximum Gasteiger partial charge on any atom is 0.234 e. The molecule has 0 radical (unpaired) electrons. The van der Waals surface area contributed by atoms with Gasteiger partial charge < -0.3 is 10.5 Å². The zero-order valence-corrected chi connectivity index (χ0v) is 14.2. The van der Waals surface area contributed by atoms with Crippen molar-refractivity contribution in [2.24, 2.45) is 10.9 Å². The van der Waals surface area contributed by atoms with Crippen molar-refractivity contribution in [3.05, 3.63) is 23.1 Å². The summed E-state index contributed by atoms with van der Waals surface area (Å²) >= 11 is 5.93. The molecule has 0 aliphatic heterocycles. The second kappa shape index (κ2) is 9.35. The van der Waals surface area contributed by atoms with Crippen LogP contribution in [0.2, 0.25) is 0 Å². The van der Waals surface area contributed by atoms with Crippen molar-refractivity contribution in [3.63, 3.8) is 0 Å². The fourth-order valence-electron chi connectivity index (χ4n) is 1.71. The van der Waals surface area contributed by atoms with Gasteiger partial charge in [0.05, 0.1) is 9.78 Å². The van der Waals surface area contributed by atoms with Crippen molar-refractivity contribution in [2.75, 3.05) is 6.54 Å². The predicted octanol–water partition coefficient (Wildman–Crippen LogP) is 2.21. The molecule has 0 heterocycles. The second-order valence-electron chi connectivity index (χ2n) is 5.29. The summed E-state index contributed by atoms with van der Waals surface area (Å²) in [6, 6.07) is 0. The van der Waals surface area contributed by atoms with Gasteiger partial charge in [-0.3, -0.25) is 0 Å². The van der Waals surface area contributed by atoms with Crippen LogP contribution in [0.25, 0.3) is 0 Å². The molecule has 0 spiro atoms. The van der Waals surface area contributed by atoms with E-state index in [0.717, 1.165) is 32.2 Å². The minimum Gasteiger partial charge on any atom is -0.330 e. The number of primary sulfonamides is 1. The number of nitrogens with two attached hydrogens (primary N) is 2. The minimum absolute atomic E-state index is 0.183. The summed E-state index contributed by atoms with van der Waals surface area (Å²) in [5.41, 5.74) is 5.26. The Hall–Kier alpha value is -0.690. The Balaban J connectivity index is 0.000000400. The molecule has 5 nitrogen and oxygen atoms in total. The molecule has 0 bridgehead atoms. The summed E-state index contributed by atoms with van der Waals surface area (Å²) in [4.78, 5) is 9.93. The summed E-state index contributed by atoms with van der Waals surface area (Å²) < 4.78 is 21.8. The maximum absolute atomic E-state index is 10.9. The molecule has 0 amide bonds. The molecule has 1 atom stereocenters. The molecule has 1 aliphatic rings. The number of hydrogen-bond donors (Lipinski definition) is 2. The quantitative estimate of drug-likeness (QED) is 0.573. The van der Waals surface area contributed by atoms with E-state index in [0.29, 0.717) is 0 Å². The Morgan fingerprint density at radius 1 is 1.38 bits per heavy atom. The van der Waals surface area contributed by atoms with Crippen LogP contribution in [-0.4, -0.2) is 25.6 Å². The maximum atomic E-state index is 10.9. The first-order chi connectivity index (χ1) is 9.58. The number of hydrogen-bond acceptors (Lipinski definition) is 4. The average Bonchev–Trinajstić information content (AvgIpc) is 2.33. The molecule has 1 unspecified atom stereocenters. The highest BCUT2D eigenvalue weighted by atomic mass is 35.5. The fourth-order valence-corrected chi connectivity index (χ4v) is 2.77. The molecule has 1 rings (SSSR count). The highest BCUT2D eigenvalue weighted by Crippen LogP contribution is 2.30. The Morgan fingerprint density at radius 3 is 2.38 bits per heavy atom. The first-order valence-corrected chi connectivity index (χ1v) is 8.80. The van der Waals surface area contributed by atoms with Gasteiger partial charge in [0.25, 0.3) is 0 Å². The molecule has 122 valence electrons. The predicted molar refractivity (Wildman–Crippen MR) is 87.4 cm³/mol. The third kappa shape index (κ3) is 10.6. The number of rotatable bonds is 6. The van der Waals surface area contributed by atoms with E-state index in [1.165, 1.54) is 6.08 Å². The normalized spacial score (nSPS) is 21.3. The van der Waals surface area contributed by atoms with Gasteiger partial charge in [-0.05, 0) is 39.3 Å². The summed E-state index contributed by atoms with van der Waals surface area (Å²) in [7, 11) is -3.57. The van der Waals surface area contributed by atoms with Crippen LogP contribution in [-0.2, 0) is 14.8 Å². The molecule has 0 aromatic rings. The monoisotopic (exact) mass is 336 g/mol. The van der Waals surface area contributed by atoms with Crippen LogP contribution < -0.4 is 10.9 Å². The van der Waals surface area contributed by atoms with E-state index in [4.69, 9.17) is 22.5 Å². The second-order valence-corrected chi connectivity index (χ2v) is 7.77. The van der Waals surface area contributed by atoms with Crippen molar-refractivity contribution in [2.45, 2.75) is 50.8 Å². The first-order valence-electron chi connectivity index (χ1n) is 6.88. The number of alkyl halides is 1. The zero-order chi connectivity index (χ0) is 16.5. The van der Waals surface area contributed by atoms with Crippen LogP contribution in [0.1, 0.15) is 46.0 Å². The van der Waals surface area contributed by atoms with Crippen molar-refractivity contribution >= 4 is 27.4 Å². The van der Waals surface area contributed by atoms with Crippen LogP contribution in [0, 0.1) is 0 Å². The number of carbonyl (C=O) groups is 1. The third-order valence-corrected chi connectivity index (χ3v) is 4.12. The van der Waals surface area contributed by atoms with Gasteiger partial charge in [-0.25, -0.2) is 13.6 Å². The van der Waals surface area contributed by atoms with E-state index >= 15 is 0 Å². The SMILES string of the molecule is CC(=O)CCCCCN.CC1(Cl)C=CC=C(S(N)(=O)=O)C1. The van der Waals surface area contributed by atoms with Gasteiger partial charge in [0, 0.05) is 12.8 Å². The summed E-state index contributed by atoms with van der Waals surface area (Å²) in [6.45, 7) is 4.11. The van der Waals surface area contributed by atoms with Crippen molar-refractivity contribution < 1.29 is 13.2 Å². The summed E-state index contributed by atoms with van der Waals surface area (Å²) in [5, 5.41) is 4.94. The Bertz CT molecular complexity index is 496. The zero-order valence-electron chi connectivity index (χ0n) is 12.6. The molecular formula is C14H25ClN2O3S. The highest BCUT2D eigenvalue weighted by molar-refractivity contribution is 7.93. The number of unbranched alkanes of at least 4 members (excludes halogenated alkanes) is 2. The van der Waals surface area contributed by atoms with Crippen molar-refractivity contribution in [1.82, 2.24) is 0 Å². The van der Waals surface area contributed by atoms with E-state index < -0.39 is 14.9 Å². The largest absolute Gasteiger partial charge is 0.330 e. The molecule has 0 fully saturated rings. The number of Topliss-reactive ketones (excluding diaryl/α,β-unsaturated/α-hetero) is 1. The topological polar surface area (TPSA) is 103 Å². The van der Waals surface area contributed by atoms with E-state index in [9.17, 15) is 13.2 Å². The van der Waals surface area contributed by atoms with E-state index in [-0.39, 0.29) is 17.1 Å². The lowest BCUT2D eigenvalue weighted by atomic mass is 10.0. The van der Waals surface area contributed by atoms with Crippen LogP contribution >= 0.6 is 11.6 Å². The standard InChI is InChI=1S/C7H10ClNO2S.C7H15NO/c1-7(8)4-2-3-6(5-7)12(9,10)11;1-7(9)5-3-2-4-6-8/h2-4H,5H2,1H3,(H2,9,10,11);2-6,8H2,1H3. The molecule has 7 heteroatoms. The van der Waals surface area contributed by atoms with Crippen LogP contribution in [0.5, 0.6) is 0 Å². The Morgan fingerprint density at radius 2 is 2.00 bits per heavy atom. The van der Waals surface area contributed by atoms with E-state index in [2.05, 4.69) is 0 Å². The van der Waals surface area contributed by atoms with Gasteiger partial charge in [0.15, 0.2) is 0 Å². The first kappa shape index (κ1) is 20.3. The van der Waals surface area contributed by atoms with Crippen LogP contribution in [0.15, 0.2) is 23.1 Å². The summed E-state index contributed by atoms with van der Waals surface area (Å²) in [6.07, 6.45) is 8.94. The molecule has 0 saturated carbocycles. The smallest absolute Gasteiger partial charge is 0.234 e. The van der Waals surface area contributed by atoms with Gasteiger partial charge in [-0.15, -0.1) is 11.6 Å². The van der Waals surface area contributed by atoms with E-state index in [1.807, 2.05) is 0 Å². The number of allylic oxidation sites excluding steroid dienone is 4. The molecule has 21 heavy (non-hydrogen) atoms. The fraction of sp³-hybridized carbons (Fsp3) is 0.643. The molecule has 0 aromatic carbocycles. The third-order valence-electron chi connectivity index (χ3n) is 2.84. The molecule has 0 saturated heterocycles. The van der Waals surface area contributed by atoms with Gasteiger partial charge >= 0.3 is 0 Å². The average molecular weight is 337 g/mol. The number of carbonyl (C=O) groups excluding carboxylic acids is 1.